The number of hydrogen-bond donors (Lipinski definition) is 0. The van der Waals surface area contributed by atoms with E-state index in [-0.39, 0.29) is 22.4 Å². The largest absolute Gasteiger partial charge is 0.491 e. The summed E-state index contributed by atoms with van der Waals surface area (Å²) >= 11 is 0. The van der Waals surface area contributed by atoms with Gasteiger partial charge in [0, 0.05) is 12.1 Å². The van der Waals surface area contributed by atoms with Gasteiger partial charge in [0.15, 0.2) is 0 Å². The van der Waals surface area contributed by atoms with Gasteiger partial charge in [-0.2, -0.15) is 0 Å². The second-order valence-electron chi connectivity index (χ2n) is 6.00. The Morgan fingerprint density at radius 2 is 1.82 bits per heavy atom. The lowest BCUT2D eigenvalue weighted by molar-refractivity contribution is -0.385. The number of ether oxygens (including phenoxy) is 2. The Labute approximate surface area is 162 Å². The van der Waals surface area contributed by atoms with Crippen molar-refractivity contribution in [1.82, 2.24) is 0 Å². The van der Waals surface area contributed by atoms with Gasteiger partial charge < -0.3 is 9.47 Å². The van der Waals surface area contributed by atoms with E-state index in [0.29, 0.717) is 5.75 Å². The third kappa shape index (κ3) is 4.97. The van der Waals surface area contributed by atoms with Crippen molar-refractivity contribution in [2.45, 2.75) is 24.8 Å². The van der Waals surface area contributed by atoms with Gasteiger partial charge in [0.1, 0.15) is 12.3 Å². The third-order valence-electron chi connectivity index (χ3n) is 3.61. The lowest BCUT2D eigenvalue weighted by Crippen LogP contribution is -2.36. The van der Waals surface area contributed by atoms with Crippen LogP contribution in [0, 0.1) is 10.1 Å². The van der Waals surface area contributed by atoms with E-state index >= 15 is 0 Å². The maximum atomic E-state index is 13.1. The van der Waals surface area contributed by atoms with Crippen molar-refractivity contribution in [3.63, 3.8) is 0 Å². The predicted octanol–water partition coefficient (Wildman–Crippen LogP) is 2.75. The first-order chi connectivity index (χ1) is 13.1. The molecule has 0 aliphatic heterocycles. The summed E-state index contributed by atoms with van der Waals surface area (Å²) in [7, 11) is -3.13. The summed E-state index contributed by atoms with van der Waals surface area (Å²) in [6.07, 6.45) is -0.0642. The molecule has 0 heterocycles. The smallest absolute Gasteiger partial charge is 0.326 e. The standard InChI is InChI=1S/C18H20N2O7S/c1-13(2)27-16-9-7-14(8-10-16)19(12-18(21)26-3)28(24,25)17-6-4-5-15(11-17)20(22)23/h4-11,13H,12H2,1-3H3. The van der Waals surface area contributed by atoms with Crippen LogP contribution in [0.1, 0.15) is 13.8 Å². The van der Waals surface area contributed by atoms with E-state index in [4.69, 9.17) is 4.74 Å². The van der Waals surface area contributed by atoms with Crippen LogP contribution in [-0.2, 0) is 19.6 Å². The average molecular weight is 408 g/mol. The van der Waals surface area contributed by atoms with Crippen LogP contribution in [0.2, 0.25) is 0 Å². The number of non-ortho nitro benzene ring substituents is 1. The molecule has 150 valence electrons. The normalized spacial score (nSPS) is 11.1. The molecule has 0 N–H and O–H groups in total. The highest BCUT2D eigenvalue weighted by molar-refractivity contribution is 7.92. The molecule has 0 atom stereocenters. The lowest BCUT2D eigenvalue weighted by Gasteiger charge is -2.23. The second kappa shape index (κ2) is 8.70. The highest BCUT2D eigenvalue weighted by Gasteiger charge is 2.29. The fourth-order valence-electron chi connectivity index (χ4n) is 2.34. The van der Waals surface area contributed by atoms with Gasteiger partial charge >= 0.3 is 5.97 Å². The Kier molecular flexibility index (Phi) is 6.57. The van der Waals surface area contributed by atoms with E-state index in [1.165, 1.54) is 30.3 Å². The van der Waals surface area contributed by atoms with E-state index < -0.39 is 27.5 Å². The number of methoxy groups -OCH3 is 1. The molecule has 0 saturated heterocycles. The molecule has 10 heteroatoms. The van der Waals surface area contributed by atoms with Crippen LogP contribution in [0.4, 0.5) is 11.4 Å². The van der Waals surface area contributed by atoms with E-state index in [9.17, 15) is 23.3 Å². The molecule has 0 fully saturated rings. The monoisotopic (exact) mass is 408 g/mol. The Hall–Kier alpha value is -3.14. The zero-order valence-electron chi connectivity index (χ0n) is 15.6. The molecule has 0 bridgehead atoms. The van der Waals surface area contributed by atoms with Crippen molar-refractivity contribution in [2.24, 2.45) is 0 Å². The number of benzene rings is 2. The molecule has 0 amide bonds. The molecule has 2 aromatic rings. The van der Waals surface area contributed by atoms with Crippen LogP contribution in [-0.4, -0.2) is 39.1 Å². The summed E-state index contributed by atoms with van der Waals surface area (Å²) in [5.74, 6) is -0.249. The van der Waals surface area contributed by atoms with Gasteiger partial charge in [-0.3, -0.25) is 19.2 Å². The van der Waals surface area contributed by atoms with Crippen LogP contribution >= 0.6 is 0 Å². The number of esters is 1. The minimum Gasteiger partial charge on any atom is -0.491 e. The van der Waals surface area contributed by atoms with Crippen LogP contribution in [0.25, 0.3) is 0 Å². The van der Waals surface area contributed by atoms with Crippen LogP contribution in [0.15, 0.2) is 53.4 Å². The number of nitro benzene ring substituents is 1. The maximum absolute atomic E-state index is 13.1. The maximum Gasteiger partial charge on any atom is 0.326 e. The number of nitro groups is 1. The minimum atomic E-state index is -4.26. The molecule has 2 rings (SSSR count). The number of nitrogens with zero attached hydrogens (tertiary/aromatic N) is 2. The molecular weight excluding hydrogens is 388 g/mol. The molecule has 0 aliphatic rings. The van der Waals surface area contributed by atoms with Crippen molar-refractivity contribution in [1.29, 1.82) is 0 Å². The summed E-state index contributed by atoms with van der Waals surface area (Å²) in [6, 6.07) is 10.7. The zero-order chi connectivity index (χ0) is 20.9. The van der Waals surface area contributed by atoms with Crippen LogP contribution in [0.5, 0.6) is 5.75 Å². The fraction of sp³-hybridized carbons (Fsp3) is 0.278. The highest BCUT2D eigenvalue weighted by Crippen LogP contribution is 2.27. The van der Waals surface area contributed by atoms with Crippen LogP contribution < -0.4 is 9.04 Å². The van der Waals surface area contributed by atoms with Gasteiger partial charge in [-0.1, -0.05) is 6.07 Å². The second-order valence-corrected chi connectivity index (χ2v) is 7.87. The molecule has 28 heavy (non-hydrogen) atoms. The summed E-state index contributed by atoms with van der Waals surface area (Å²) in [5.41, 5.74) is -0.187. The number of carbonyl (C=O) groups is 1. The van der Waals surface area contributed by atoms with Crippen molar-refractivity contribution in [2.75, 3.05) is 18.0 Å². The van der Waals surface area contributed by atoms with Gasteiger partial charge in [0.25, 0.3) is 15.7 Å². The molecular formula is C18H20N2O7S. The highest BCUT2D eigenvalue weighted by atomic mass is 32.2. The number of rotatable bonds is 8. The van der Waals surface area contributed by atoms with Crippen molar-refractivity contribution < 1.29 is 27.6 Å². The van der Waals surface area contributed by atoms with Crippen molar-refractivity contribution in [3.05, 3.63) is 58.6 Å². The Bertz CT molecular complexity index is 956. The van der Waals surface area contributed by atoms with E-state index in [1.807, 2.05) is 13.8 Å². The Morgan fingerprint density at radius 3 is 2.36 bits per heavy atom. The zero-order valence-corrected chi connectivity index (χ0v) is 16.4. The van der Waals surface area contributed by atoms with E-state index in [0.717, 1.165) is 17.5 Å². The van der Waals surface area contributed by atoms with Gasteiger partial charge in [0.2, 0.25) is 0 Å². The van der Waals surface area contributed by atoms with Crippen molar-refractivity contribution in [3.8, 4) is 5.75 Å². The number of anilines is 1. The fourth-order valence-corrected chi connectivity index (χ4v) is 3.79. The van der Waals surface area contributed by atoms with Gasteiger partial charge in [-0.25, -0.2) is 8.42 Å². The number of sulfonamides is 1. The predicted molar refractivity (Wildman–Crippen MR) is 102 cm³/mol. The quantitative estimate of drug-likeness (QED) is 0.374. The summed E-state index contributed by atoms with van der Waals surface area (Å²) < 4.78 is 37.1. The molecule has 0 saturated carbocycles. The van der Waals surface area contributed by atoms with E-state index in [1.54, 1.807) is 12.1 Å². The van der Waals surface area contributed by atoms with Crippen LogP contribution in [0.3, 0.4) is 0 Å². The third-order valence-corrected chi connectivity index (χ3v) is 5.38. The Morgan fingerprint density at radius 1 is 1.18 bits per heavy atom. The van der Waals surface area contributed by atoms with E-state index in [2.05, 4.69) is 4.74 Å². The van der Waals surface area contributed by atoms with Gasteiger partial charge in [-0.15, -0.1) is 0 Å². The van der Waals surface area contributed by atoms with Gasteiger partial charge in [0.05, 0.1) is 28.7 Å². The van der Waals surface area contributed by atoms with Gasteiger partial charge in [-0.05, 0) is 44.2 Å². The summed E-state index contributed by atoms with van der Waals surface area (Å²) in [6.45, 7) is 3.11. The molecule has 9 nitrogen and oxygen atoms in total. The number of hydrogen-bond acceptors (Lipinski definition) is 7. The molecule has 0 aromatic heterocycles. The van der Waals surface area contributed by atoms with Crippen molar-refractivity contribution >= 4 is 27.4 Å². The summed E-state index contributed by atoms with van der Waals surface area (Å²) in [5, 5.41) is 11.0. The average Bonchev–Trinajstić information content (AvgIpc) is 2.66. The first-order valence-corrected chi connectivity index (χ1v) is 9.70. The first kappa shape index (κ1) is 21.2. The molecule has 2 aromatic carbocycles. The molecule has 0 spiro atoms. The topological polar surface area (TPSA) is 116 Å². The molecule has 0 radical (unpaired) electrons. The lowest BCUT2D eigenvalue weighted by atomic mass is 10.3. The first-order valence-electron chi connectivity index (χ1n) is 8.26. The summed E-state index contributed by atoms with van der Waals surface area (Å²) in [4.78, 5) is 21.8. The SMILES string of the molecule is COC(=O)CN(c1ccc(OC(C)C)cc1)S(=O)(=O)c1cccc([N+](=O)[O-])c1. The Balaban J connectivity index is 2.48. The minimum absolute atomic E-state index is 0.0642. The molecule has 0 unspecified atom stereocenters. The number of carbonyl (C=O) groups excluding carboxylic acids is 1. The molecule has 0 aliphatic carbocycles.